The molecule has 1 N–H and O–H groups in total. The van der Waals surface area contributed by atoms with Crippen LogP contribution >= 0.6 is 0 Å². The number of nitrogens with zero attached hydrogens (tertiary/aromatic N) is 5. The molecule has 4 heterocycles. The molecule has 2 aliphatic rings. The lowest BCUT2D eigenvalue weighted by molar-refractivity contribution is -0.122. The van der Waals surface area contributed by atoms with Gasteiger partial charge >= 0.3 is 0 Å². The molecule has 2 aromatic rings. The zero-order valence-electron chi connectivity index (χ0n) is 17.0. The first kappa shape index (κ1) is 21.0. The molecule has 9 nitrogen and oxygen atoms in total. The Balaban J connectivity index is 0.000000755. The average Bonchev–Trinajstić information content (AvgIpc) is 3.35. The zero-order chi connectivity index (χ0) is 20.6. The summed E-state index contributed by atoms with van der Waals surface area (Å²) in [6, 6.07) is 4.13. The summed E-state index contributed by atoms with van der Waals surface area (Å²) in [6.45, 7) is 5.61. The standard InChI is InChI=1S/C19H27N5O2.CH2O2/c1-14-8-16(26-22-14)9-15-11-24(12-17(15)25-2)19-10-18(20-13-21-19)23-6-4-3-5-7-23;2-1-3/h8,10,13,15,17H,3-7,9,11-12H2,1-2H3;1H,(H,2,3)/t15-,17+;/m1./s1. The highest BCUT2D eigenvalue weighted by Crippen LogP contribution is 2.29. The van der Waals surface area contributed by atoms with Crippen molar-refractivity contribution in [2.75, 3.05) is 43.1 Å². The van der Waals surface area contributed by atoms with E-state index in [0.717, 1.165) is 55.7 Å². The highest BCUT2D eigenvalue weighted by atomic mass is 16.5. The summed E-state index contributed by atoms with van der Waals surface area (Å²) in [5.41, 5.74) is 0.922. The van der Waals surface area contributed by atoms with Crippen LogP contribution in [0.15, 0.2) is 23.0 Å². The van der Waals surface area contributed by atoms with Gasteiger partial charge in [0, 0.05) is 57.8 Å². The Hall–Kier alpha value is -2.68. The van der Waals surface area contributed by atoms with E-state index in [9.17, 15) is 0 Å². The van der Waals surface area contributed by atoms with Crippen molar-refractivity contribution in [2.45, 2.75) is 38.7 Å². The number of methoxy groups -OCH3 is 1. The Labute approximate surface area is 170 Å². The summed E-state index contributed by atoms with van der Waals surface area (Å²) in [4.78, 5) is 22.1. The number of hydrogen-bond acceptors (Lipinski definition) is 8. The van der Waals surface area contributed by atoms with E-state index in [0.29, 0.717) is 5.92 Å². The number of hydrogen-bond donors (Lipinski definition) is 1. The number of carbonyl (C=O) groups is 1. The highest BCUT2D eigenvalue weighted by molar-refractivity contribution is 5.51. The van der Waals surface area contributed by atoms with Crippen LogP contribution < -0.4 is 9.80 Å². The van der Waals surface area contributed by atoms with Crippen LogP contribution in [0.1, 0.15) is 30.7 Å². The average molecular weight is 403 g/mol. The van der Waals surface area contributed by atoms with Crippen molar-refractivity contribution in [3.05, 3.63) is 29.9 Å². The summed E-state index contributed by atoms with van der Waals surface area (Å²) < 4.78 is 11.1. The highest BCUT2D eigenvalue weighted by Gasteiger charge is 2.34. The van der Waals surface area contributed by atoms with Gasteiger partial charge in [0.15, 0.2) is 0 Å². The van der Waals surface area contributed by atoms with Gasteiger partial charge in [-0.3, -0.25) is 4.79 Å². The maximum Gasteiger partial charge on any atom is 0.290 e. The maximum absolute atomic E-state index is 8.36. The molecule has 0 saturated carbocycles. The molecule has 2 aliphatic heterocycles. The van der Waals surface area contributed by atoms with Gasteiger partial charge in [-0.2, -0.15) is 0 Å². The van der Waals surface area contributed by atoms with Crippen LogP contribution in [0, 0.1) is 12.8 Å². The third-order valence-corrected chi connectivity index (χ3v) is 5.47. The van der Waals surface area contributed by atoms with E-state index in [-0.39, 0.29) is 12.6 Å². The van der Waals surface area contributed by atoms with Gasteiger partial charge in [0.2, 0.25) is 0 Å². The maximum atomic E-state index is 8.36. The topological polar surface area (TPSA) is 105 Å². The van der Waals surface area contributed by atoms with Gasteiger partial charge in [-0.25, -0.2) is 9.97 Å². The van der Waals surface area contributed by atoms with Crippen molar-refractivity contribution in [1.82, 2.24) is 15.1 Å². The van der Waals surface area contributed by atoms with Gasteiger partial charge < -0.3 is 24.2 Å². The molecule has 158 valence electrons. The number of aromatic nitrogens is 3. The SMILES string of the molecule is CO[C@H]1CN(c2cc(N3CCCCC3)ncn2)C[C@H]1Cc1cc(C)no1.O=CO. The molecular weight excluding hydrogens is 374 g/mol. The summed E-state index contributed by atoms with van der Waals surface area (Å²) in [7, 11) is 1.78. The molecule has 2 saturated heterocycles. The van der Waals surface area contributed by atoms with Crippen molar-refractivity contribution < 1.29 is 19.2 Å². The second kappa shape index (κ2) is 10.2. The van der Waals surface area contributed by atoms with Gasteiger partial charge in [0.25, 0.3) is 6.47 Å². The van der Waals surface area contributed by atoms with Gasteiger partial charge in [-0.1, -0.05) is 5.16 Å². The molecular formula is C20H29N5O4. The van der Waals surface area contributed by atoms with E-state index in [1.807, 2.05) is 13.0 Å². The minimum absolute atomic E-state index is 0.161. The van der Waals surface area contributed by atoms with Crippen molar-refractivity contribution in [1.29, 1.82) is 0 Å². The number of ether oxygens (including phenoxy) is 1. The quantitative estimate of drug-likeness (QED) is 0.752. The van der Waals surface area contributed by atoms with Crippen LogP contribution in [-0.2, 0) is 16.0 Å². The predicted molar refractivity (Wildman–Crippen MR) is 108 cm³/mol. The molecule has 0 aromatic carbocycles. The third kappa shape index (κ3) is 5.44. The number of piperidine rings is 1. The number of aryl methyl sites for hydroxylation is 1. The van der Waals surface area contributed by atoms with Crippen LogP contribution in [0.3, 0.4) is 0 Å². The summed E-state index contributed by atoms with van der Waals surface area (Å²) >= 11 is 0. The van der Waals surface area contributed by atoms with E-state index in [4.69, 9.17) is 19.2 Å². The van der Waals surface area contributed by atoms with Gasteiger partial charge in [0.05, 0.1) is 11.8 Å². The van der Waals surface area contributed by atoms with Crippen molar-refractivity contribution in [2.24, 2.45) is 5.92 Å². The lowest BCUT2D eigenvalue weighted by Crippen LogP contribution is -2.30. The van der Waals surface area contributed by atoms with E-state index < -0.39 is 0 Å². The summed E-state index contributed by atoms with van der Waals surface area (Å²) in [6.07, 6.45) is 6.49. The van der Waals surface area contributed by atoms with Gasteiger partial charge in [0.1, 0.15) is 23.7 Å². The minimum Gasteiger partial charge on any atom is -0.483 e. The molecule has 0 bridgehead atoms. The van der Waals surface area contributed by atoms with Crippen LogP contribution in [0.2, 0.25) is 0 Å². The molecule has 0 radical (unpaired) electrons. The van der Waals surface area contributed by atoms with Gasteiger partial charge in [-0.15, -0.1) is 0 Å². The Morgan fingerprint density at radius 2 is 1.86 bits per heavy atom. The molecule has 0 spiro atoms. The van der Waals surface area contributed by atoms with E-state index in [1.54, 1.807) is 13.4 Å². The van der Waals surface area contributed by atoms with Crippen LogP contribution in [0.25, 0.3) is 0 Å². The number of carboxylic acid groups (broad SMARTS) is 1. The van der Waals surface area contributed by atoms with Crippen LogP contribution in [0.4, 0.5) is 11.6 Å². The number of rotatable bonds is 5. The Morgan fingerprint density at radius 3 is 2.48 bits per heavy atom. The van der Waals surface area contributed by atoms with E-state index in [2.05, 4.69) is 31.0 Å². The van der Waals surface area contributed by atoms with Crippen molar-refractivity contribution in [3.63, 3.8) is 0 Å². The monoisotopic (exact) mass is 403 g/mol. The fraction of sp³-hybridized carbons (Fsp3) is 0.600. The fourth-order valence-corrected chi connectivity index (χ4v) is 4.07. The molecule has 0 unspecified atom stereocenters. The lowest BCUT2D eigenvalue weighted by atomic mass is 10.0. The zero-order valence-corrected chi connectivity index (χ0v) is 17.0. The molecule has 0 amide bonds. The second-order valence-electron chi connectivity index (χ2n) is 7.47. The van der Waals surface area contributed by atoms with Crippen molar-refractivity contribution >= 4 is 18.1 Å². The predicted octanol–water partition coefficient (Wildman–Crippen LogP) is 2.16. The second-order valence-corrected chi connectivity index (χ2v) is 7.47. The number of anilines is 2. The smallest absolute Gasteiger partial charge is 0.290 e. The summed E-state index contributed by atoms with van der Waals surface area (Å²) in [5, 5.41) is 10.9. The molecule has 2 fully saturated rings. The van der Waals surface area contributed by atoms with Crippen molar-refractivity contribution in [3.8, 4) is 0 Å². The Kier molecular flexibility index (Phi) is 7.40. The largest absolute Gasteiger partial charge is 0.483 e. The minimum atomic E-state index is -0.250. The fourth-order valence-electron chi connectivity index (χ4n) is 4.07. The lowest BCUT2D eigenvalue weighted by Gasteiger charge is -2.28. The molecule has 2 aromatic heterocycles. The molecule has 0 aliphatic carbocycles. The third-order valence-electron chi connectivity index (χ3n) is 5.47. The molecule has 29 heavy (non-hydrogen) atoms. The summed E-state index contributed by atoms with van der Waals surface area (Å²) in [5.74, 6) is 3.31. The first-order valence-electron chi connectivity index (χ1n) is 9.99. The Morgan fingerprint density at radius 1 is 1.17 bits per heavy atom. The molecule has 4 rings (SSSR count). The molecule has 9 heteroatoms. The molecule has 2 atom stereocenters. The van der Waals surface area contributed by atoms with Gasteiger partial charge in [-0.05, 0) is 26.2 Å². The van der Waals surface area contributed by atoms with Crippen LogP contribution in [-0.4, -0.2) is 66.1 Å². The van der Waals surface area contributed by atoms with E-state index >= 15 is 0 Å². The van der Waals surface area contributed by atoms with Crippen LogP contribution in [0.5, 0.6) is 0 Å². The first-order valence-corrected chi connectivity index (χ1v) is 9.99. The van der Waals surface area contributed by atoms with E-state index in [1.165, 1.54) is 19.3 Å². The first-order chi connectivity index (χ1) is 14.1. The normalized spacial score (nSPS) is 21.6. The Bertz CT molecular complexity index is 778.